The van der Waals surface area contributed by atoms with E-state index in [0.29, 0.717) is 11.3 Å². The van der Waals surface area contributed by atoms with Crippen LogP contribution in [0.4, 0.5) is 16.0 Å². The molecule has 0 saturated carbocycles. The van der Waals surface area contributed by atoms with Crippen molar-refractivity contribution in [1.29, 1.82) is 5.41 Å². The Hall–Kier alpha value is -3.89. The number of hydrazine groups is 2. The van der Waals surface area contributed by atoms with E-state index in [9.17, 15) is 0 Å². The number of nitrogens with one attached hydrogen (secondary N) is 2. The zero-order chi connectivity index (χ0) is 24.4. The minimum atomic E-state index is -0.297. The summed E-state index contributed by atoms with van der Waals surface area (Å²) in [6.07, 6.45) is 9.35. The molecule has 1 aliphatic rings. The van der Waals surface area contributed by atoms with Crippen molar-refractivity contribution in [2.24, 2.45) is 5.84 Å². The van der Waals surface area contributed by atoms with E-state index in [1.165, 1.54) is 5.01 Å². The van der Waals surface area contributed by atoms with Crippen LogP contribution in [-0.2, 0) is 6.42 Å². The number of hydrogen-bond donors (Lipinski definition) is 3. The summed E-state index contributed by atoms with van der Waals surface area (Å²) >= 11 is 0. The van der Waals surface area contributed by atoms with Crippen molar-refractivity contribution in [3.05, 3.63) is 66.4 Å². The van der Waals surface area contributed by atoms with E-state index in [4.69, 9.17) is 11.3 Å². The van der Waals surface area contributed by atoms with Crippen LogP contribution in [0, 0.1) is 11.2 Å². The average Bonchev–Trinajstić information content (AvgIpc) is 3.32. The first-order chi connectivity index (χ1) is 17.1. The summed E-state index contributed by atoms with van der Waals surface area (Å²) in [5, 5.41) is 14.2. The Morgan fingerprint density at radius 3 is 2.49 bits per heavy atom. The quantitative estimate of drug-likeness (QED) is 0.162. The van der Waals surface area contributed by atoms with Gasteiger partial charge in [-0.3, -0.25) is 20.9 Å². The molecule has 35 heavy (non-hydrogen) atoms. The molecule has 1 fully saturated rings. The first-order valence-corrected chi connectivity index (χ1v) is 11.7. The molecule has 0 atom stereocenters. The number of piperidine rings is 1. The lowest BCUT2D eigenvalue weighted by atomic mass is 10.0. The minimum absolute atomic E-state index is 0.194. The summed E-state index contributed by atoms with van der Waals surface area (Å²) in [5.41, 5.74) is 6.26. The summed E-state index contributed by atoms with van der Waals surface area (Å²) in [7, 11) is 0. The Kier molecular flexibility index (Phi) is 6.39. The number of aromatic nitrogens is 4. The fourth-order valence-electron chi connectivity index (χ4n) is 4.57. The van der Waals surface area contributed by atoms with E-state index in [1.807, 2.05) is 35.3 Å². The lowest BCUT2D eigenvalue weighted by Crippen LogP contribution is -2.41. The van der Waals surface area contributed by atoms with Gasteiger partial charge in [0.2, 0.25) is 5.95 Å². The monoisotopic (exact) mass is 473 g/mol. The Morgan fingerprint density at radius 2 is 1.86 bits per heavy atom. The number of anilines is 2. The van der Waals surface area contributed by atoms with Crippen LogP contribution in [0.2, 0.25) is 0 Å². The summed E-state index contributed by atoms with van der Waals surface area (Å²) in [5.74, 6) is 5.88. The van der Waals surface area contributed by atoms with Crippen LogP contribution >= 0.6 is 0 Å². The van der Waals surface area contributed by atoms with Crippen molar-refractivity contribution in [3.8, 4) is 11.1 Å². The second-order valence-electron chi connectivity index (χ2n) is 8.62. The average molecular weight is 474 g/mol. The molecule has 2 aromatic heterocycles. The van der Waals surface area contributed by atoms with E-state index < -0.39 is 0 Å². The highest BCUT2D eigenvalue weighted by molar-refractivity contribution is 5.86. The number of benzene rings is 2. The molecule has 3 heterocycles. The van der Waals surface area contributed by atoms with E-state index in [1.54, 1.807) is 24.4 Å². The smallest absolute Gasteiger partial charge is 0.225 e. The summed E-state index contributed by atoms with van der Waals surface area (Å²) in [6.45, 7) is 3.75. The molecule has 5 rings (SSSR count). The van der Waals surface area contributed by atoms with E-state index >= 15 is 4.39 Å². The molecule has 0 bridgehead atoms. The van der Waals surface area contributed by atoms with Gasteiger partial charge < -0.3 is 4.90 Å². The van der Waals surface area contributed by atoms with Crippen molar-refractivity contribution in [2.75, 3.05) is 23.0 Å². The molecule has 10 heteroatoms. The number of aryl methyl sites for hydroxylation is 1. The first kappa shape index (κ1) is 22.9. The molecule has 4 N–H and O–H groups in total. The number of halogens is 1. The maximum atomic E-state index is 15.2. The molecule has 0 aliphatic carbocycles. The SMILES string of the molecule is CCc1cnc(N2CCC(n3ncc4cc(-c5ccc(N(C=N)NN)cc5)c(F)cc43)CC2)nc1. The number of nitrogens with zero attached hydrogens (tertiary/aromatic N) is 6. The van der Waals surface area contributed by atoms with Gasteiger partial charge in [0.15, 0.2) is 0 Å². The van der Waals surface area contributed by atoms with Gasteiger partial charge >= 0.3 is 0 Å². The van der Waals surface area contributed by atoms with Crippen molar-refractivity contribution in [1.82, 2.24) is 25.3 Å². The van der Waals surface area contributed by atoms with Gasteiger partial charge in [-0.15, -0.1) is 0 Å². The van der Waals surface area contributed by atoms with Gasteiger partial charge in [0.1, 0.15) is 12.2 Å². The molecule has 0 amide bonds. The Balaban J connectivity index is 1.34. The van der Waals surface area contributed by atoms with Gasteiger partial charge in [-0.1, -0.05) is 19.1 Å². The van der Waals surface area contributed by atoms with Gasteiger partial charge in [0.25, 0.3) is 0 Å². The normalized spacial score (nSPS) is 14.4. The second kappa shape index (κ2) is 9.77. The number of nitrogens with two attached hydrogens (primary N) is 1. The van der Waals surface area contributed by atoms with Gasteiger partial charge in [0.05, 0.1) is 23.4 Å². The molecule has 180 valence electrons. The van der Waals surface area contributed by atoms with Crippen LogP contribution in [-0.4, -0.2) is 39.2 Å². The molecule has 9 nitrogen and oxygen atoms in total. The van der Waals surface area contributed by atoms with Gasteiger partial charge in [-0.05, 0) is 48.6 Å². The lowest BCUT2D eigenvalue weighted by Gasteiger charge is -2.32. The van der Waals surface area contributed by atoms with Gasteiger partial charge in [-0.2, -0.15) is 10.6 Å². The highest BCUT2D eigenvalue weighted by Gasteiger charge is 2.24. The molecule has 2 aromatic carbocycles. The Bertz CT molecular complexity index is 1310. The molecule has 4 aromatic rings. The summed E-state index contributed by atoms with van der Waals surface area (Å²) < 4.78 is 17.2. The third-order valence-corrected chi connectivity index (χ3v) is 6.60. The molecular formula is C25H28FN9. The fourth-order valence-corrected chi connectivity index (χ4v) is 4.57. The Morgan fingerprint density at radius 1 is 1.14 bits per heavy atom. The highest BCUT2D eigenvalue weighted by Crippen LogP contribution is 2.32. The third-order valence-electron chi connectivity index (χ3n) is 6.60. The zero-order valence-corrected chi connectivity index (χ0v) is 19.5. The topological polar surface area (TPSA) is 112 Å². The van der Waals surface area contributed by atoms with Crippen molar-refractivity contribution in [3.63, 3.8) is 0 Å². The molecule has 1 saturated heterocycles. The van der Waals surface area contributed by atoms with Crippen molar-refractivity contribution >= 4 is 28.9 Å². The first-order valence-electron chi connectivity index (χ1n) is 11.7. The van der Waals surface area contributed by atoms with Gasteiger partial charge in [0, 0.05) is 42.5 Å². The summed E-state index contributed by atoms with van der Waals surface area (Å²) in [6, 6.07) is 10.8. The largest absolute Gasteiger partial charge is 0.341 e. The van der Waals surface area contributed by atoms with Crippen molar-refractivity contribution in [2.45, 2.75) is 32.2 Å². The predicted octanol–water partition coefficient (Wildman–Crippen LogP) is 3.83. The minimum Gasteiger partial charge on any atom is -0.341 e. The van der Waals surface area contributed by atoms with Crippen LogP contribution in [0.5, 0.6) is 0 Å². The standard InChI is InChI=1S/C25H28FN9/c1-2-17-13-29-25(30-14-17)33-9-7-21(8-10-33)35-24-12-23(26)22(11-19(24)15-31-35)18-3-5-20(6-4-18)34(16-27)32-28/h3-6,11-16,21,27,32H,2,7-10,28H2,1H3. The fraction of sp³-hybridized carbons (Fsp3) is 0.280. The lowest BCUT2D eigenvalue weighted by molar-refractivity contribution is 0.373. The van der Waals surface area contributed by atoms with Crippen LogP contribution in [0.15, 0.2) is 55.0 Å². The van der Waals surface area contributed by atoms with Gasteiger partial charge in [-0.25, -0.2) is 14.4 Å². The zero-order valence-electron chi connectivity index (χ0n) is 19.5. The molecule has 0 unspecified atom stereocenters. The predicted molar refractivity (Wildman–Crippen MR) is 136 cm³/mol. The highest BCUT2D eigenvalue weighted by atomic mass is 19.1. The summed E-state index contributed by atoms with van der Waals surface area (Å²) in [4.78, 5) is 11.2. The molecular weight excluding hydrogens is 445 g/mol. The van der Waals surface area contributed by atoms with Crippen LogP contribution in [0.25, 0.3) is 22.0 Å². The number of fused-ring (bicyclic) bond motifs is 1. The van der Waals surface area contributed by atoms with E-state index in [0.717, 1.165) is 66.7 Å². The molecule has 0 radical (unpaired) electrons. The Labute approximate surface area is 202 Å². The van der Waals surface area contributed by atoms with E-state index in [-0.39, 0.29) is 11.9 Å². The maximum Gasteiger partial charge on any atom is 0.225 e. The molecule has 1 aliphatic heterocycles. The maximum absolute atomic E-state index is 15.2. The third kappa shape index (κ3) is 4.45. The molecule has 0 spiro atoms. The van der Waals surface area contributed by atoms with Crippen LogP contribution in [0.1, 0.15) is 31.4 Å². The van der Waals surface area contributed by atoms with Crippen LogP contribution in [0.3, 0.4) is 0 Å². The van der Waals surface area contributed by atoms with Crippen molar-refractivity contribution < 1.29 is 4.39 Å². The number of hydrogen-bond acceptors (Lipinski definition) is 7. The second-order valence-corrected chi connectivity index (χ2v) is 8.62. The van der Waals surface area contributed by atoms with Crippen LogP contribution < -0.4 is 21.3 Å². The van der Waals surface area contributed by atoms with E-state index in [2.05, 4.69) is 32.4 Å². The number of rotatable bonds is 7.